The van der Waals surface area contributed by atoms with Gasteiger partial charge in [0.2, 0.25) is 17.8 Å². The smallest absolute Gasteiger partial charge is 0.325 e. The molecule has 8 nitrogen and oxygen atoms in total. The number of carbonyl (C=O) groups is 1. The van der Waals surface area contributed by atoms with Crippen LogP contribution in [-0.2, 0) is 4.79 Å². The molecule has 1 heterocycles. The van der Waals surface area contributed by atoms with Crippen molar-refractivity contribution in [3.63, 3.8) is 0 Å². The number of anilines is 5. The van der Waals surface area contributed by atoms with Crippen molar-refractivity contribution in [2.24, 2.45) is 0 Å². The molecule has 0 aliphatic heterocycles. The van der Waals surface area contributed by atoms with Gasteiger partial charge in [0.15, 0.2) is 0 Å². The first-order valence-electron chi connectivity index (χ1n) is 8.21. The lowest BCUT2D eigenvalue weighted by molar-refractivity contribution is -0.137. The van der Waals surface area contributed by atoms with Crippen molar-refractivity contribution in [1.82, 2.24) is 15.0 Å². The molecule has 28 heavy (non-hydrogen) atoms. The van der Waals surface area contributed by atoms with Crippen LogP contribution in [0.2, 0.25) is 0 Å². The van der Waals surface area contributed by atoms with Crippen molar-refractivity contribution in [2.75, 3.05) is 16.0 Å². The maximum atomic E-state index is 13.9. The Morgan fingerprint density at radius 3 is 1.71 bits per heavy atom. The fourth-order valence-corrected chi connectivity index (χ4v) is 2.17. The van der Waals surface area contributed by atoms with Crippen LogP contribution >= 0.6 is 0 Å². The molecule has 0 spiro atoms. The van der Waals surface area contributed by atoms with Gasteiger partial charge in [-0.05, 0) is 31.2 Å². The number of carboxylic acids is 1. The molecule has 0 saturated carbocycles. The first-order valence-corrected chi connectivity index (χ1v) is 8.21. The second-order valence-corrected chi connectivity index (χ2v) is 5.72. The monoisotopic (exact) mass is 386 g/mol. The lowest BCUT2D eigenvalue weighted by Crippen LogP contribution is -2.27. The van der Waals surface area contributed by atoms with Crippen molar-refractivity contribution >= 4 is 35.2 Å². The number of para-hydroxylation sites is 2. The zero-order valence-electron chi connectivity index (χ0n) is 14.6. The molecular weight excluding hydrogens is 370 g/mol. The van der Waals surface area contributed by atoms with Crippen molar-refractivity contribution in [3.05, 3.63) is 60.2 Å². The molecule has 0 fully saturated rings. The molecule has 0 aliphatic carbocycles. The minimum absolute atomic E-state index is 0.0565. The lowest BCUT2D eigenvalue weighted by Gasteiger charge is -2.13. The molecule has 144 valence electrons. The fourth-order valence-electron chi connectivity index (χ4n) is 2.17. The topological polar surface area (TPSA) is 112 Å². The van der Waals surface area contributed by atoms with Crippen LogP contribution in [0.4, 0.5) is 38.0 Å². The number of aromatic nitrogens is 3. The van der Waals surface area contributed by atoms with Gasteiger partial charge >= 0.3 is 5.97 Å². The summed E-state index contributed by atoms with van der Waals surface area (Å²) in [5.74, 6) is -2.37. The van der Waals surface area contributed by atoms with E-state index >= 15 is 0 Å². The lowest BCUT2D eigenvalue weighted by atomic mass is 10.3. The van der Waals surface area contributed by atoms with E-state index in [0.717, 1.165) is 0 Å². The minimum Gasteiger partial charge on any atom is -0.480 e. The van der Waals surface area contributed by atoms with Crippen LogP contribution in [0.1, 0.15) is 6.92 Å². The van der Waals surface area contributed by atoms with Gasteiger partial charge in [-0.25, -0.2) is 8.78 Å². The van der Waals surface area contributed by atoms with Crippen molar-refractivity contribution in [1.29, 1.82) is 0 Å². The number of rotatable bonds is 7. The Morgan fingerprint density at radius 2 is 1.29 bits per heavy atom. The Kier molecular flexibility index (Phi) is 5.58. The average molecular weight is 386 g/mol. The summed E-state index contributed by atoms with van der Waals surface area (Å²) in [5, 5.41) is 17.0. The van der Waals surface area contributed by atoms with Crippen LogP contribution in [0.3, 0.4) is 0 Å². The number of benzene rings is 2. The summed E-state index contributed by atoms with van der Waals surface area (Å²) in [6.45, 7) is 1.40. The van der Waals surface area contributed by atoms with Gasteiger partial charge in [0.1, 0.15) is 17.7 Å². The van der Waals surface area contributed by atoms with Crippen LogP contribution in [0.15, 0.2) is 48.5 Å². The van der Waals surface area contributed by atoms with Crippen LogP contribution in [0.25, 0.3) is 0 Å². The molecule has 10 heteroatoms. The van der Waals surface area contributed by atoms with Crippen LogP contribution in [-0.4, -0.2) is 32.1 Å². The van der Waals surface area contributed by atoms with E-state index in [1.54, 1.807) is 12.1 Å². The quantitative estimate of drug-likeness (QED) is 0.488. The number of nitrogens with zero attached hydrogens (tertiary/aromatic N) is 3. The Balaban J connectivity index is 1.95. The van der Waals surface area contributed by atoms with Crippen molar-refractivity contribution in [3.8, 4) is 0 Å². The van der Waals surface area contributed by atoms with E-state index in [0.29, 0.717) is 0 Å². The van der Waals surface area contributed by atoms with Crippen LogP contribution in [0.5, 0.6) is 0 Å². The molecule has 3 aromatic rings. The van der Waals surface area contributed by atoms with E-state index < -0.39 is 23.6 Å². The third kappa shape index (κ3) is 4.67. The zero-order valence-corrected chi connectivity index (χ0v) is 14.6. The molecular formula is C18H16F2N6O2. The van der Waals surface area contributed by atoms with E-state index in [2.05, 4.69) is 30.9 Å². The SMILES string of the molecule is C[C@H](Nc1nc(Nc2ccccc2F)nc(Nc2ccccc2F)n1)C(=O)O. The van der Waals surface area contributed by atoms with E-state index in [-0.39, 0.29) is 29.2 Å². The molecule has 0 unspecified atom stereocenters. The highest BCUT2D eigenvalue weighted by molar-refractivity contribution is 5.76. The highest BCUT2D eigenvalue weighted by Gasteiger charge is 2.15. The van der Waals surface area contributed by atoms with Crippen molar-refractivity contribution < 1.29 is 18.7 Å². The largest absolute Gasteiger partial charge is 0.480 e. The molecule has 2 aromatic carbocycles. The first kappa shape index (κ1) is 19.0. The molecule has 0 aliphatic rings. The minimum atomic E-state index is -1.12. The predicted octanol–water partition coefficient (Wildman–Crippen LogP) is 3.52. The fraction of sp³-hybridized carbons (Fsp3) is 0.111. The van der Waals surface area contributed by atoms with Gasteiger partial charge in [0.05, 0.1) is 11.4 Å². The van der Waals surface area contributed by atoms with Gasteiger partial charge in [-0.15, -0.1) is 0 Å². The molecule has 3 rings (SSSR count). The van der Waals surface area contributed by atoms with Gasteiger partial charge in [0, 0.05) is 0 Å². The summed E-state index contributed by atoms with van der Waals surface area (Å²) in [4.78, 5) is 23.3. The van der Waals surface area contributed by atoms with Gasteiger partial charge in [-0.2, -0.15) is 15.0 Å². The van der Waals surface area contributed by atoms with Gasteiger partial charge in [-0.3, -0.25) is 4.79 Å². The van der Waals surface area contributed by atoms with E-state index in [1.165, 1.54) is 43.3 Å². The Morgan fingerprint density at radius 1 is 0.857 bits per heavy atom. The molecule has 0 bridgehead atoms. The number of hydrogen-bond acceptors (Lipinski definition) is 7. The Labute approximate surface area is 158 Å². The van der Waals surface area contributed by atoms with Gasteiger partial charge in [-0.1, -0.05) is 24.3 Å². The third-order valence-corrected chi connectivity index (χ3v) is 3.59. The number of aliphatic carboxylic acids is 1. The Hall–Kier alpha value is -3.82. The second-order valence-electron chi connectivity index (χ2n) is 5.72. The molecule has 0 saturated heterocycles. The first-order chi connectivity index (χ1) is 13.4. The van der Waals surface area contributed by atoms with Gasteiger partial charge in [0.25, 0.3) is 0 Å². The summed E-state index contributed by atoms with van der Waals surface area (Å²) in [6.07, 6.45) is 0. The third-order valence-electron chi connectivity index (χ3n) is 3.59. The maximum Gasteiger partial charge on any atom is 0.325 e. The second kappa shape index (κ2) is 8.25. The summed E-state index contributed by atoms with van der Waals surface area (Å²) in [5.41, 5.74) is 0.227. The average Bonchev–Trinajstić information content (AvgIpc) is 2.65. The number of halogens is 2. The zero-order chi connectivity index (χ0) is 20.1. The number of hydrogen-bond donors (Lipinski definition) is 4. The molecule has 4 N–H and O–H groups in total. The standard InChI is InChI=1S/C18H16F2N6O2/c1-10(15(27)28)21-16-24-17(22-13-8-4-2-6-11(13)19)26-18(25-16)23-14-9-5-3-7-12(14)20/h2-10H,1H3,(H,27,28)(H3,21,22,23,24,25,26)/t10-/m0/s1. The molecule has 1 aromatic heterocycles. The van der Waals surface area contributed by atoms with Gasteiger partial charge < -0.3 is 21.1 Å². The maximum absolute atomic E-state index is 13.9. The predicted molar refractivity (Wildman–Crippen MR) is 99.9 cm³/mol. The summed E-state index contributed by atoms with van der Waals surface area (Å²) in [6, 6.07) is 10.8. The molecule has 0 radical (unpaired) electrons. The van der Waals surface area contributed by atoms with E-state index in [1.807, 2.05) is 0 Å². The van der Waals surface area contributed by atoms with Crippen LogP contribution in [0, 0.1) is 11.6 Å². The summed E-state index contributed by atoms with van der Waals surface area (Å²) >= 11 is 0. The normalized spacial score (nSPS) is 11.5. The Bertz CT molecular complexity index is 936. The highest BCUT2D eigenvalue weighted by Crippen LogP contribution is 2.22. The molecule has 0 amide bonds. The summed E-state index contributed by atoms with van der Waals surface area (Å²) in [7, 11) is 0. The van der Waals surface area contributed by atoms with E-state index in [4.69, 9.17) is 5.11 Å². The van der Waals surface area contributed by atoms with E-state index in [9.17, 15) is 13.6 Å². The number of nitrogens with one attached hydrogen (secondary N) is 3. The van der Waals surface area contributed by atoms with Crippen LogP contribution < -0.4 is 16.0 Å². The van der Waals surface area contributed by atoms with Crippen molar-refractivity contribution in [2.45, 2.75) is 13.0 Å². The summed E-state index contributed by atoms with van der Waals surface area (Å²) < 4.78 is 27.8. The number of carboxylic acid groups (broad SMARTS) is 1. The molecule has 1 atom stereocenters. The highest BCUT2D eigenvalue weighted by atomic mass is 19.1.